The van der Waals surface area contributed by atoms with Crippen molar-refractivity contribution in [1.82, 2.24) is 15.0 Å². The van der Waals surface area contributed by atoms with Gasteiger partial charge in [0.1, 0.15) is 18.2 Å². The summed E-state index contributed by atoms with van der Waals surface area (Å²) in [5.41, 5.74) is 0.916. The van der Waals surface area contributed by atoms with Gasteiger partial charge in [-0.3, -0.25) is 0 Å². The predicted molar refractivity (Wildman–Crippen MR) is 39.8 cm³/mol. The first-order chi connectivity index (χ1) is 5.79. The zero-order valence-corrected chi connectivity index (χ0v) is 6.08. The molecule has 0 atom stereocenters. The van der Waals surface area contributed by atoms with Crippen LogP contribution in [0.5, 0.6) is 0 Å². The molecule has 0 aliphatic carbocycles. The minimum Gasteiger partial charge on any atom is -0.388 e. The van der Waals surface area contributed by atoms with Crippen molar-refractivity contribution in [2.24, 2.45) is 0 Å². The third-order valence-electron chi connectivity index (χ3n) is 1.50. The molecule has 0 spiro atoms. The molecule has 2 aromatic heterocycles. The number of nitrogens with one attached hydrogen (secondary N) is 1. The van der Waals surface area contributed by atoms with E-state index in [1.54, 1.807) is 0 Å². The maximum atomic E-state index is 12.6. The molecule has 0 saturated heterocycles. The highest BCUT2D eigenvalue weighted by Crippen LogP contribution is 2.09. The van der Waals surface area contributed by atoms with Crippen LogP contribution in [0.25, 0.3) is 11.2 Å². The molecule has 4 nitrogen and oxygen atoms in total. The molecule has 0 radical (unpaired) electrons. The number of H-pyrrole nitrogens is 1. The van der Waals surface area contributed by atoms with Gasteiger partial charge in [-0.2, -0.15) is 0 Å². The quantitative estimate of drug-likeness (QED) is 0.653. The number of fused-ring (bicyclic) bond motifs is 1. The SMILES string of the molecule is OCc1nc2ncc(F)cc2[nH]1. The summed E-state index contributed by atoms with van der Waals surface area (Å²) in [4.78, 5) is 10.3. The summed E-state index contributed by atoms with van der Waals surface area (Å²) >= 11 is 0. The number of aromatic nitrogens is 3. The van der Waals surface area contributed by atoms with Crippen LogP contribution in [0.2, 0.25) is 0 Å². The number of imidazole rings is 1. The first-order valence-electron chi connectivity index (χ1n) is 3.40. The van der Waals surface area contributed by atoms with Crippen LogP contribution < -0.4 is 0 Å². The number of nitrogens with zero attached hydrogens (tertiary/aromatic N) is 2. The van der Waals surface area contributed by atoms with Crippen LogP contribution in [0, 0.1) is 5.82 Å². The van der Waals surface area contributed by atoms with Crippen molar-refractivity contribution in [1.29, 1.82) is 0 Å². The fourth-order valence-corrected chi connectivity index (χ4v) is 0.999. The molecule has 0 fully saturated rings. The normalized spacial score (nSPS) is 10.8. The van der Waals surface area contributed by atoms with Crippen LogP contribution in [-0.2, 0) is 6.61 Å². The average molecular weight is 167 g/mol. The van der Waals surface area contributed by atoms with Gasteiger partial charge in [-0.05, 0) is 0 Å². The Labute approximate surface area is 67.1 Å². The Bertz CT molecular complexity index is 412. The Morgan fingerprint density at radius 2 is 2.42 bits per heavy atom. The summed E-state index contributed by atoms with van der Waals surface area (Å²) < 4.78 is 12.6. The standard InChI is InChI=1S/C7H6FN3O/c8-4-1-5-7(9-2-4)11-6(3-12)10-5/h1-2,12H,3H2,(H,9,10,11). The van der Waals surface area contributed by atoms with E-state index in [0.717, 1.165) is 6.20 Å². The molecular formula is C7H6FN3O. The Balaban J connectivity index is 2.67. The number of pyridine rings is 1. The highest BCUT2D eigenvalue weighted by molar-refractivity contribution is 5.69. The molecular weight excluding hydrogens is 161 g/mol. The Morgan fingerprint density at radius 3 is 3.17 bits per heavy atom. The highest BCUT2D eigenvalue weighted by Gasteiger charge is 2.02. The highest BCUT2D eigenvalue weighted by atomic mass is 19.1. The molecule has 0 amide bonds. The molecule has 62 valence electrons. The maximum Gasteiger partial charge on any atom is 0.177 e. The molecule has 0 bridgehead atoms. The molecule has 2 N–H and O–H groups in total. The van der Waals surface area contributed by atoms with Crippen molar-refractivity contribution in [3.63, 3.8) is 0 Å². The van der Waals surface area contributed by atoms with Crippen molar-refractivity contribution in [2.45, 2.75) is 6.61 Å². The molecule has 0 saturated carbocycles. The average Bonchev–Trinajstić information content (AvgIpc) is 2.46. The van der Waals surface area contributed by atoms with Gasteiger partial charge in [0.15, 0.2) is 5.65 Å². The van der Waals surface area contributed by atoms with Crippen LogP contribution in [-0.4, -0.2) is 20.1 Å². The predicted octanol–water partition coefficient (Wildman–Crippen LogP) is 0.589. The molecule has 0 aliphatic rings. The van der Waals surface area contributed by atoms with E-state index in [9.17, 15) is 4.39 Å². The van der Waals surface area contributed by atoms with Gasteiger partial charge in [0.25, 0.3) is 0 Å². The lowest BCUT2D eigenvalue weighted by atomic mass is 10.4. The van der Waals surface area contributed by atoms with Crippen molar-refractivity contribution in [3.05, 3.63) is 23.9 Å². The first-order valence-corrected chi connectivity index (χ1v) is 3.40. The van der Waals surface area contributed by atoms with E-state index < -0.39 is 5.82 Å². The summed E-state index contributed by atoms with van der Waals surface area (Å²) in [5, 5.41) is 8.69. The monoisotopic (exact) mass is 167 g/mol. The second kappa shape index (κ2) is 2.53. The second-order valence-corrected chi connectivity index (χ2v) is 2.37. The summed E-state index contributed by atoms with van der Waals surface area (Å²) in [6, 6.07) is 1.29. The minimum atomic E-state index is -0.421. The number of hydrogen-bond acceptors (Lipinski definition) is 3. The topological polar surface area (TPSA) is 61.8 Å². The lowest BCUT2D eigenvalue weighted by molar-refractivity contribution is 0.273. The smallest absolute Gasteiger partial charge is 0.177 e. The van der Waals surface area contributed by atoms with Crippen molar-refractivity contribution in [2.75, 3.05) is 0 Å². The van der Waals surface area contributed by atoms with Crippen molar-refractivity contribution < 1.29 is 9.50 Å². The molecule has 0 aromatic carbocycles. The number of aromatic amines is 1. The van der Waals surface area contributed by atoms with Crippen LogP contribution in [0.4, 0.5) is 4.39 Å². The minimum absolute atomic E-state index is 0.196. The van der Waals surface area contributed by atoms with Crippen molar-refractivity contribution in [3.8, 4) is 0 Å². The molecule has 0 unspecified atom stereocenters. The first kappa shape index (κ1) is 7.17. The van der Waals surface area contributed by atoms with E-state index in [1.807, 2.05) is 0 Å². The van der Waals surface area contributed by atoms with E-state index in [1.165, 1.54) is 6.07 Å². The molecule has 12 heavy (non-hydrogen) atoms. The lowest BCUT2D eigenvalue weighted by Crippen LogP contribution is -1.83. The van der Waals surface area contributed by atoms with E-state index in [0.29, 0.717) is 17.0 Å². The third-order valence-corrected chi connectivity index (χ3v) is 1.50. The number of aliphatic hydroxyl groups excluding tert-OH is 1. The molecule has 5 heteroatoms. The van der Waals surface area contributed by atoms with Crippen LogP contribution in [0.1, 0.15) is 5.82 Å². The summed E-state index contributed by atoms with van der Waals surface area (Å²) in [5.74, 6) is -0.0289. The fraction of sp³-hybridized carbons (Fsp3) is 0.143. The fourth-order valence-electron chi connectivity index (χ4n) is 0.999. The second-order valence-electron chi connectivity index (χ2n) is 2.37. The molecule has 2 rings (SSSR count). The summed E-state index contributed by atoms with van der Waals surface area (Å²) in [6.45, 7) is -0.196. The van der Waals surface area contributed by atoms with Gasteiger partial charge in [0, 0.05) is 6.07 Å². The molecule has 2 aromatic rings. The van der Waals surface area contributed by atoms with Gasteiger partial charge < -0.3 is 10.1 Å². The summed E-state index contributed by atoms with van der Waals surface area (Å²) in [7, 11) is 0. The third kappa shape index (κ3) is 1.04. The Hall–Kier alpha value is -1.49. The van der Waals surface area contributed by atoms with Gasteiger partial charge in [0.2, 0.25) is 0 Å². The van der Waals surface area contributed by atoms with Crippen molar-refractivity contribution >= 4 is 11.2 Å². The van der Waals surface area contributed by atoms with Gasteiger partial charge >= 0.3 is 0 Å². The number of halogens is 1. The van der Waals surface area contributed by atoms with E-state index in [-0.39, 0.29) is 6.61 Å². The van der Waals surface area contributed by atoms with Gasteiger partial charge in [0.05, 0.1) is 11.7 Å². The van der Waals surface area contributed by atoms with Crippen LogP contribution >= 0.6 is 0 Å². The van der Waals surface area contributed by atoms with E-state index in [4.69, 9.17) is 5.11 Å². The molecule has 0 aliphatic heterocycles. The zero-order chi connectivity index (χ0) is 8.55. The Morgan fingerprint density at radius 1 is 1.58 bits per heavy atom. The van der Waals surface area contributed by atoms with E-state index >= 15 is 0 Å². The zero-order valence-electron chi connectivity index (χ0n) is 6.08. The van der Waals surface area contributed by atoms with Gasteiger partial charge in [-0.1, -0.05) is 0 Å². The van der Waals surface area contributed by atoms with Gasteiger partial charge in [-0.25, -0.2) is 14.4 Å². The lowest BCUT2D eigenvalue weighted by Gasteiger charge is -1.85. The summed E-state index contributed by atoms with van der Waals surface area (Å²) in [6.07, 6.45) is 1.09. The maximum absolute atomic E-state index is 12.6. The van der Waals surface area contributed by atoms with Crippen LogP contribution in [0.3, 0.4) is 0 Å². The van der Waals surface area contributed by atoms with Crippen LogP contribution in [0.15, 0.2) is 12.3 Å². The Kier molecular flexibility index (Phi) is 1.51. The van der Waals surface area contributed by atoms with E-state index in [2.05, 4.69) is 15.0 Å². The number of rotatable bonds is 1. The largest absolute Gasteiger partial charge is 0.388 e. The number of aliphatic hydroxyl groups is 1. The molecule has 2 heterocycles. The van der Waals surface area contributed by atoms with Gasteiger partial charge in [-0.15, -0.1) is 0 Å². The number of hydrogen-bond donors (Lipinski definition) is 2.